The first-order valence-electron chi connectivity index (χ1n) is 9.45. The molecule has 6 nitrogen and oxygen atoms in total. The first kappa shape index (κ1) is 18.1. The van der Waals surface area contributed by atoms with E-state index < -0.39 is 0 Å². The fraction of sp³-hybridized carbons (Fsp3) is 0.273. The highest BCUT2D eigenvalue weighted by Gasteiger charge is 2.15. The Balaban J connectivity index is 1.39. The van der Waals surface area contributed by atoms with Crippen LogP contribution < -0.4 is 15.8 Å². The van der Waals surface area contributed by atoms with Crippen LogP contribution in [0.25, 0.3) is 0 Å². The van der Waals surface area contributed by atoms with E-state index in [0.717, 1.165) is 24.9 Å². The molecule has 0 fully saturated rings. The van der Waals surface area contributed by atoms with Gasteiger partial charge in [-0.15, -0.1) is 0 Å². The summed E-state index contributed by atoms with van der Waals surface area (Å²) >= 11 is 0. The number of carbonyl (C=O) groups is 1. The zero-order chi connectivity index (χ0) is 19.5. The van der Waals surface area contributed by atoms with E-state index in [1.54, 1.807) is 30.5 Å². The minimum atomic E-state index is -0.263. The molecule has 3 aromatic rings. The summed E-state index contributed by atoms with van der Waals surface area (Å²) in [6.45, 7) is 1.83. The number of hydrogen-bond donors (Lipinski definition) is 1. The summed E-state index contributed by atoms with van der Waals surface area (Å²) in [6.07, 6.45) is 3.92. The third-order valence-corrected chi connectivity index (χ3v) is 5.06. The van der Waals surface area contributed by atoms with Gasteiger partial charge in [0, 0.05) is 38.1 Å². The Hall–Kier alpha value is -3.28. The van der Waals surface area contributed by atoms with E-state index in [9.17, 15) is 9.59 Å². The Bertz CT molecular complexity index is 1050. The molecule has 144 valence electrons. The van der Waals surface area contributed by atoms with Gasteiger partial charge in [0.25, 0.3) is 11.5 Å². The summed E-state index contributed by atoms with van der Waals surface area (Å²) in [7, 11) is 2.11. The van der Waals surface area contributed by atoms with Gasteiger partial charge in [0.1, 0.15) is 5.76 Å². The topological polar surface area (TPSA) is 67.5 Å². The van der Waals surface area contributed by atoms with Gasteiger partial charge in [-0.25, -0.2) is 0 Å². The predicted molar refractivity (Wildman–Crippen MR) is 108 cm³/mol. The zero-order valence-electron chi connectivity index (χ0n) is 15.9. The fourth-order valence-electron chi connectivity index (χ4n) is 3.56. The van der Waals surface area contributed by atoms with E-state index in [1.165, 1.54) is 21.9 Å². The number of furan rings is 1. The van der Waals surface area contributed by atoms with Gasteiger partial charge in [-0.2, -0.15) is 0 Å². The van der Waals surface area contributed by atoms with Crippen molar-refractivity contribution in [1.29, 1.82) is 0 Å². The van der Waals surface area contributed by atoms with E-state index in [-0.39, 0.29) is 17.2 Å². The predicted octanol–water partition coefficient (Wildman–Crippen LogP) is 2.80. The van der Waals surface area contributed by atoms with Gasteiger partial charge >= 0.3 is 0 Å². The Morgan fingerprint density at radius 2 is 2.07 bits per heavy atom. The van der Waals surface area contributed by atoms with Crippen LogP contribution >= 0.6 is 0 Å². The van der Waals surface area contributed by atoms with Gasteiger partial charge in [-0.3, -0.25) is 9.59 Å². The highest BCUT2D eigenvalue weighted by atomic mass is 16.4. The number of aryl methyl sites for hydroxylation is 1. The second kappa shape index (κ2) is 7.76. The molecule has 1 amide bonds. The normalized spacial score (nSPS) is 13.2. The number of aromatic nitrogens is 1. The van der Waals surface area contributed by atoms with Crippen LogP contribution in [0.4, 0.5) is 5.69 Å². The van der Waals surface area contributed by atoms with Gasteiger partial charge < -0.3 is 19.2 Å². The highest BCUT2D eigenvalue weighted by Crippen LogP contribution is 2.26. The summed E-state index contributed by atoms with van der Waals surface area (Å²) in [4.78, 5) is 26.5. The van der Waals surface area contributed by atoms with Crippen LogP contribution in [0.2, 0.25) is 0 Å². The van der Waals surface area contributed by atoms with E-state index in [1.807, 2.05) is 0 Å². The molecule has 0 saturated carbocycles. The molecule has 0 radical (unpaired) electrons. The van der Waals surface area contributed by atoms with Crippen LogP contribution in [0, 0.1) is 0 Å². The third-order valence-electron chi connectivity index (χ3n) is 5.06. The minimum Gasteiger partial charge on any atom is -0.454 e. The monoisotopic (exact) mass is 377 g/mol. The molecule has 2 aromatic heterocycles. The maximum absolute atomic E-state index is 12.4. The van der Waals surface area contributed by atoms with Crippen LogP contribution in [-0.2, 0) is 19.5 Å². The molecule has 0 aliphatic carbocycles. The van der Waals surface area contributed by atoms with Gasteiger partial charge in [-0.1, -0.05) is 18.2 Å². The standard InChI is InChI=1S/C22H23N3O3/c1-24-11-4-5-17-13-16(7-9-19(17)24)14-23-22(27)20-10-8-18(28-20)15-25-12-3-2-6-21(25)26/h2-3,6-10,12-13H,4-5,11,14-15H2,1H3,(H,23,27). The number of rotatable bonds is 5. The molecule has 4 rings (SSSR count). The number of nitrogens with zero attached hydrogens (tertiary/aromatic N) is 2. The summed E-state index contributed by atoms with van der Waals surface area (Å²) in [5.41, 5.74) is 3.57. The molecule has 1 N–H and O–H groups in total. The van der Waals surface area contributed by atoms with Crippen molar-refractivity contribution in [3.8, 4) is 0 Å². The van der Waals surface area contributed by atoms with Crippen molar-refractivity contribution in [2.45, 2.75) is 25.9 Å². The third kappa shape index (κ3) is 3.86. The van der Waals surface area contributed by atoms with E-state index in [2.05, 4.69) is 35.5 Å². The minimum absolute atomic E-state index is 0.108. The van der Waals surface area contributed by atoms with Crippen LogP contribution in [0.3, 0.4) is 0 Å². The summed E-state index contributed by atoms with van der Waals surface area (Å²) in [5.74, 6) is 0.549. The Morgan fingerprint density at radius 3 is 2.93 bits per heavy atom. The number of benzene rings is 1. The SMILES string of the molecule is CN1CCCc2cc(CNC(=O)c3ccc(Cn4ccccc4=O)o3)ccc21. The Morgan fingerprint density at radius 1 is 1.18 bits per heavy atom. The quantitative estimate of drug-likeness (QED) is 0.742. The van der Waals surface area contributed by atoms with E-state index in [4.69, 9.17) is 4.42 Å². The van der Waals surface area contributed by atoms with Crippen molar-refractivity contribution in [3.05, 3.63) is 87.7 Å². The molecular formula is C22H23N3O3. The van der Waals surface area contributed by atoms with Crippen molar-refractivity contribution < 1.29 is 9.21 Å². The van der Waals surface area contributed by atoms with Crippen molar-refractivity contribution in [1.82, 2.24) is 9.88 Å². The lowest BCUT2D eigenvalue weighted by Crippen LogP contribution is -2.25. The molecule has 6 heteroatoms. The molecule has 3 heterocycles. The molecule has 0 spiro atoms. The molecule has 1 aliphatic rings. The number of nitrogens with one attached hydrogen (secondary N) is 1. The maximum atomic E-state index is 12.4. The smallest absolute Gasteiger partial charge is 0.287 e. The van der Waals surface area contributed by atoms with Gasteiger partial charge in [-0.05, 0) is 48.2 Å². The highest BCUT2D eigenvalue weighted by molar-refractivity contribution is 5.91. The lowest BCUT2D eigenvalue weighted by atomic mass is 9.99. The number of carbonyl (C=O) groups excluding carboxylic acids is 1. The van der Waals surface area contributed by atoms with E-state index in [0.29, 0.717) is 18.8 Å². The number of anilines is 1. The fourth-order valence-corrected chi connectivity index (χ4v) is 3.56. The van der Waals surface area contributed by atoms with Crippen LogP contribution in [0.15, 0.2) is 63.9 Å². The van der Waals surface area contributed by atoms with Gasteiger partial charge in [0.15, 0.2) is 5.76 Å². The summed E-state index contributed by atoms with van der Waals surface area (Å²) < 4.78 is 7.15. The molecule has 0 bridgehead atoms. The number of amides is 1. The van der Waals surface area contributed by atoms with Crippen LogP contribution in [0.1, 0.15) is 33.9 Å². The Labute approximate surface area is 163 Å². The number of fused-ring (bicyclic) bond motifs is 1. The largest absolute Gasteiger partial charge is 0.454 e. The summed E-state index contributed by atoms with van der Waals surface area (Å²) in [6, 6.07) is 14.7. The van der Waals surface area contributed by atoms with Crippen LogP contribution in [0.5, 0.6) is 0 Å². The lowest BCUT2D eigenvalue weighted by Gasteiger charge is -2.27. The van der Waals surface area contributed by atoms with E-state index >= 15 is 0 Å². The van der Waals surface area contributed by atoms with Gasteiger partial charge in [0.05, 0.1) is 6.54 Å². The zero-order valence-corrected chi connectivity index (χ0v) is 15.9. The Kier molecular flexibility index (Phi) is 5.02. The van der Waals surface area contributed by atoms with Crippen molar-refractivity contribution >= 4 is 11.6 Å². The molecule has 1 aromatic carbocycles. The second-order valence-corrected chi connectivity index (χ2v) is 7.10. The molecule has 28 heavy (non-hydrogen) atoms. The second-order valence-electron chi connectivity index (χ2n) is 7.10. The molecular weight excluding hydrogens is 354 g/mol. The average Bonchev–Trinajstić information content (AvgIpc) is 3.17. The summed E-state index contributed by atoms with van der Waals surface area (Å²) in [5, 5.41) is 2.91. The van der Waals surface area contributed by atoms with Crippen LogP contribution in [-0.4, -0.2) is 24.1 Å². The molecule has 1 aliphatic heterocycles. The average molecular weight is 377 g/mol. The number of pyridine rings is 1. The van der Waals surface area contributed by atoms with Crippen molar-refractivity contribution in [2.75, 3.05) is 18.5 Å². The van der Waals surface area contributed by atoms with Gasteiger partial charge in [0.2, 0.25) is 0 Å². The lowest BCUT2D eigenvalue weighted by molar-refractivity contribution is 0.0921. The van der Waals surface area contributed by atoms with Crippen molar-refractivity contribution in [2.24, 2.45) is 0 Å². The molecule has 0 saturated heterocycles. The van der Waals surface area contributed by atoms with Crippen molar-refractivity contribution in [3.63, 3.8) is 0 Å². The molecule has 0 unspecified atom stereocenters. The first-order valence-corrected chi connectivity index (χ1v) is 9.45. The maximum Gasteiger partial charge on any atom is 0.287 e. The number of hydrogen-bond acceptors (Lipinski definition) is 4. The first-order chi connectivity index (χ1) is 13.6. The molecule has 0 atom stereocenters.